The zero-order valence-electron chi connectivity index (χ0n) is 11.3. The van der Waals surface area contributed by atoms with Gasteiger partial charge in [-0.1, -0.05) is 6.07 Å². The van der Waals surface area contributed by atoms with Crippen molar-refractivity contribution in [2.45, 2.75) is 13.0 Å². The molecule has 1 aromatic rings. The molecular formula is C14H9FN4O3. The second-order valence-corrected chi connectivity index (χ2v) is 4.49. The molecule has 0 spiro atoms. The van der Waals surface area contributed by atoms with Crippen LogP contribution < -0.4 is 5.32 Å². The molecular weight excluding hydrogens is 291 g/mol. The first-order valence-corrected chi connectivity index (χ1v) is 6.04. The predicted molar refractivity (Wildman–Crippen MR) is 70.6 cm³/mol. The van der Waals surface area contributed by atoms with E-state index in [0.717, 1.165) is 12.1 Å². The maximum Gasteiger partial charge on any atom is 0.416 e. The third-order valence-electron chi connectivity index (χ3n) is 3.20. The lowest BCUT2D eigenvalue weighted by Gasteiger charge is -2.32. The number of hydrogen-bond acceptors (Lipinski definition) is 4. The molecule has 7 nitrogen and oxygen atoms in total. The number of rotatable bonds is 1. The Morgan fingerprint density at radius 3 is 2.64 bits per heavy atom. The largest absolute Gasteiger partial charge is 0.465 e. The Bertz CT molecular complexity index is 788. The van der Waals surface area contributed by atoms with Crippen molar-refractivity contribution in [3.8, 4) is 12.1 Å². The third kappa shape index (κ3) is 2.34. The van der Waals surface area contributed by atoms with Crippen molar-refractivity contribution in [2.24, 2.45) is 0 Å². The van der Waals surface area contributed by atoms with Gasteiger partial charge in [-0.15, -0.1) is 0 Å². The Balaban J connectivity index is 2.68. The fourth-order valence-corrected chi connectivity index (χ4v) is 2.20. The summed E-state index contributed by atoms with van der Waals surface area (Å²) in [5.41, 5.74) is 0.0604. The number of amides is 3. The Hall–Kier alpha value is -3.39. The third-order valence-corrected chi connectivity index (χ3v) is 3.20. The maximum atomic E-state index is 13.4. The van der Waals surface area contributed by atoms with Gasteiger partial charge >= 0.3 is 12.1 Å². The van der Waals surface area contributed by atoms with E-state index in [4.69, 9.17) is 5.26 Å². The molecule has 0 fully saturated rings. The monoisotopic (exact) mass is 300 g/mol. The van der Waals surface area contributed by atoms with Gasteiger partial charge in [-0.25, -0.2) is 18.9 Å². The van der Waals surface area contributed by atoms with Crippen molar-refractivity contribution in [1.29, 1.82) is 10.5 Å². The average molecular weight is 300 g/mol. The molecule has 1 heterocycles. The summed E-state index contributed by atoms with van der Waals surface area (Å²) in [6.07, 6.45) is -1.56. The molecule has 1 unspecified atom stereocenters. The lowest BCUT2D eigenvalue weighted by atomic mass is 9.94. The summed E-state index contributed by atoms with van der Waals surface area (Å²) >= 11 is 0. The van der Waals surface area contributed by atoms with E-state index in [0.29, 0.717) is 4.90 Å². The highest BCUT2D eigenvalue weighted by molar-refractivity contribution is 5.93. The van der Waals surface area contributed by atoms with Gasteiger partial charge in [-0.3, -0.25) is 0 Å². The summed E-state index contributed by atoms with van der Waals surface area (Å²) in [5, 5.41) is 29.6. The van der Waals surface area contributed by atoms with Gasteiger partial charge in [0.05, 0.1) is 17.2 Å². The van der Waals surface area contributed by atoms with Crippen LogP contribution in [0.25, 0.3) is 0 Å². The number of allylic oxidation sites excluding steroid dienone is 1. The van der Waals surface area contributed by atoms with Crippen LogP contribution in [0, 0.1) is 28.5 Å². The van der Waals surface area contributed by atoms with Crippen molar-refractivity contribution < 1.29 is 19.1 Å². The van der Waals surface area contributed by atoms with Crippen molar-refractivity contribution in [3.05, 3.63) is 46.4 Å². The molecule has 2 rings (SSSR count). The van der Waals surface area contributed by atoms with Crippen molar-refractivity contribution in [1.82, 2.24) is 10.2 Å². The summed E-state index contributed by atoms with van der Waals surface area (Å²) in [4.78, 5) is 23.6. The van der Waals surface area contributed by atoms with E-state index in [1.54, 1.807) is 6.07 Å². The number of nitriles is 2. The molecule has 2 N–H and O–H groups in total. The average Bonchev–Trinajstić information content (AvgIpc) is 2.46. The van der Waals surface area contributed by atoms with Crippen LogP contribution in [-0.2, 0) is 0 Å². The van der Waals surface area contributed by atoms with Gasteiger partial charge in [0.15, 0.2) is 0 Å². The van der Waals surface area contributed by atoms with Gasteiger partial charge < -0.3 is 10.4 Å². The van der Waals surface area contributed by atoms with Crippen LogP contribution in [0.15, 0.2) is 29.5 Å². The number of halogens is 1. The number of nitrogens with one attached hydrogen (secondary N) is 1. The first kappa shape index (κ1) is 15.0. The fourth-order valence-electron chi connectivity index (χ4n) is 2.20. The summed E-state index contributed by atoms with van der Waals surface area (Å²) in [7, 11) is 0. The molecule has 0 saturated carbocycles. The summed E-state index contributed by atoms with van der Waals surface area (Å²) < 4.78 is 13.4. The Morgan fingerprint density at radius 2 is 2.09 bits per heavy atom. The number of nitrogens with zero attached hydrogens (tertiary/aromatic N) is 3. The lowest BCUT2D eigenvalue weighted by Crippen LogP contribution is -2.49. The Kier molecular flexibility index (Phi) is 3.78. The minimum atomic E-state index is -1.56. The highest BCUT2D eigenvalue weighted by Crippen LogP contribution is 2.33. The molecule has 110 valence electrons. The molecule has 1 atom stereocenters. The van der Waals surface area contributed by atoms with E-state index in [1.807, 2.05) is 6.07 Å². The number of urea groups is 1. The van der Waals surface area contributed by atoms with Crippen LogP contribution in [0.1, 0.15) is 24.1 Å². The summed E-state index contributed by atoms with van der Waals surface area (Å²) in [6, 6.07) is 4.68. The van der Waals surface area contributed by atoms with E-state index >= 15 is 0 Å². The number of carbonyl (C=O) groups excluding carboxylic acids is 1. The second kappa shape index (κ2) is 5.54. The normalized spacial score (nSPS) is 17.5. The lowest BCUT2D eigenvalue weighted by molar-refractivity contribution is 0.136. The molecule has 22 heavy (non-hydrogen) atoms. The van der Waals surface area contributed by atoms with Gasteiger partial charge in [0.2, 0.25) is 0 Å². The quantitative estimate of drug-likeness (QED) is 0.824. The van der Waals surface area contributed by atoms with Crippen LogP contribution in [0.5, 0.6) is 0 Å². The zero-order chi connectivity index (χ0) is 16.4. The Labute approximate surface area is 124 Å². The van der Waals surface area contributed by atoms with Crippen LogP contribution in [0.2, 0.25) is 0 Å². The molecule has 3 amide bonds. The van der Waals surface area contributed by atoms with Gasteiger partial charge in [0.25, 0.3) is 0 Å². The molecule has 0 saturated heterocycles. The Morgan fingerprint density at radius 1 is 1.41 bits per heavy atom. The topological polar surface area (TPSA) is 117 Å². The smallest absolute Gasteiger partial charge is 0.416 e. The van der Waals surface area contributed by atoms with Crippen LogP contribution in [0.3, 0.4) is 0 Å². The molecule has 0 aromatic heterocycles. The van der Waals surface area contributed by atoms with E-state index in [1.165, 1.54) is 13.0 Å². The van der Waals surface area contributed by atoms with Crippen molar-refractivity contribution in [2.75, 3.05) is 0 Å². The number of imide groups is 1. The highest BCUT2D eigenvalue weighted by Gasteiger charge is 2.39. The first-order valence-electron chi connectivity index (χ1n) is 6.04. The standard InChI is InChI=1S/C14H9FN4O3/c1-7-10(6-17)12(19(14(21)22)13(20)18-7)8-2-3-11(15)9(4-8)5-16/h2-4,12H,1H3,(H,18,20)(H,21,22). The van der Waals surface area contributed by atoms with Crippen LogP contribution >= 0.6 is 0 Å². The molecule has 1 aliphatic rings. The number of benzene rings is 1. The summed E-state index contributed by atoms with van der Waals surface area (Å²) in [6.45, 7) is 1.46. The molecule has 0 bridgehead atoms. The number of carbonyl (C=O) groups is 2. The number of carboxylic acid groups (broad SMARTS) is 1. The van der Waals surface area contributed by atoms with Gasteiger partial charge in [0, 0.05) is 5.70 Å². The maximum absolute atomic E-state index is 13.4. The van der Waals surface area contributed by atoms with Gasteiger partial charge in [-0.2, -0.15) is 10.5 Å². The fraction of sp³-hybridized carbons (Fsp3) is 0.143. The van der Waals surface area contributed by atoms with Gasteiger partial charge in [0.1, 0.15) is 17.9 Å². The molecule has 0 aliphatic carbocycles. The predicted octanol–water partition coefficient (Wildman–Crippen LogP) is 2.24. The molecule has 0 radical (unpaired) electrons. The van der Waals surface area contributed by atoms with Crippen LogP contribution in [-0.4, -0.2) is 22.1 Å². The highest BCUT2D eigenvalue weighted by atomic mass is 19.1. The minimum absolute atomic E-state index is 0.00232. The SMILES string of the molecule is CC1=C(C#N)C(c2ccc(F)c(C#N)c2)N(C(=O)O)C(=O)N1. The second-order valence-electron chi connectivity index (χ2n) is 4.49. The first-order chi connectivity index (χ1) is 10.4. The van der Waals surface area contributed by atoms with Crippen molar-refractivity contribution >= 4 is 12.1 Å². The van der Waals surface area contributed by atoms with Crippen LogP contribution in [0.4, 0.5) is 14.0 Å². The minimum Gasteiger partial charge on any atom is -0.465 e. The van der Waals surface area contributed by atoms with Crippen molar-refractivity contribution in [3.63, 3.8) is 0 Å². The zero-order valence-corrected chi connectivity index (χ0v) is 11.3. The molecule has 8 heteroatoms. The van der Waals surface area contributed by atoms with E-state index in [2.05, 4.69) is 5.32 Å². The molecule has 1 aliphatic heterocycles. The number of hydrogen-bond donors (Lipinski definition) is 2. The van der Waals surface area contributed by atoms with Gasteiger partial charge in [-0.05, 0) is 24.6 Å². The van der Waals surface area contributed by atoms with E-state index < -0.39 is 24.0 Å². The summed E-state index contributed by atoms with van der Waals surface area (Å²) in [5.74, 6) is -0.771. The van der Waals surface area contributed by atoms with E-state index in [9.17, 15) is 24.3 Å². The molecule has 1 aromatic carbocycles. The van der Waals surface area contributed by atoms with E-state index in [-0.39, 0.29) is 22.4 Å².